The van der Waals surface area contributed by atoms with Crippen LogP contribution >= 0.6 is 0 Å². The highest BCUT2D eigenvalue weighted by molar-refractivity contribution is 5.70. The summed E-state index contributed by atoms with van der Waals surface area (Å²) in [6.45, 7) is 1.68. The lowest BCUT2D eigenvalue weighted by atomic mass is 9.66. The lowest BCUT2D eigenvalue weighted by Gasteiger charge is -2.36. The van der Waals surface area contributed by atoms with Crippen LogP contribution in [0.5, 0.6) is 0 Å². The first-order valence-electron chi connectivity index (χ1n) is 12.6. The van der Waals surface area contributed by atoms with Crippen molar-refractivity contribution in [1.29, 1.82) is 0 Å². The number of carbonyl (C=O) groups excluding carboxylic acids is 1. The Kier molecular flexibility index (Phi) is 9.81. The molecule has 41 heavy (non-hydrogen) atoms. The first-order valence-corrected chi connectivity index (χ1v) is 12.6. The third-order valence-electron chi connectivity index (χ3n) is 6.56. The van der Waals surface area contributed by atoms with Crippen LogP contribution in [0.1, 0.15) is 53.1 Å². The maximum atomic E-state index is 13.0. The summed E-state index contributed by atoms with van der Waals surface area (Å²) in [4.78, 5) is 12.4. The van der Waals surface area contributed by atoms with Crippen LogP contribution in [-0.4, -0.2) is 31.1 Å². The zero-order valence-corrected chi connectivity index (χ0v) is 21.9. The molecule has 0 unspecified atom stereocenters. The van der Waals surface area contributed by atoms with E-state index in [1.807, 2.05) is 0 Å². The highest BCUT2D eigenvalue weighted by atomic mass is 19.4. The first kappa shape index (κ1) is 32.0. The fourth-order valence-electron chi connectivity index (χ4n) is 4.87. The summed E-state index contributed by atoms with van der Waals surface area (Å²) in [7, 11) is 0. The molecular weight excluding hydrogens is 563 g/mol. The molecule has 0 amide bonds. The average molecular weight is 591 g/mol. The Labute approximate surface area is 231 Å². The molecule has 0 spiro atoms. The van der Waals surface area contributed by atoms with Gasteiger partial charge in [0.2, 0.25) is 0 Å². The second-order valence-electron chi connectivity index (χ2n) is 9.68. The van der Waals surface area contributed by atoms with E-state index in [1.165, 1.54) is 72.8 Å². The van der Waals surface area contributed by atoms with Crippen molar-refractivity contribution in [2.24, 2.45) is 0 Å². The van der Waals surface area contributed by atoms with Gasteiger partial charge in [0, 0.05) is 11.8 Å². The number of alkyl halides is 9. The summed E-state index contributed by atoms with van der Waals surface area (Å²) in [5.41, 5.74) is -0.235. The second kappa shape index (κ2) is 12.6. The fraction of sp³-hybridized carbons (Fsp3) is 0.367. The van der Waals surface area contributed by atoms with Gasteiger partial charge in [0.05, 0.1) is 25.9 Å². The largest absolute Gasteiger partial charge is 0.466 e. The predicted molar refractivity (Wildman–Crippen MR) is 134 cm³/mol. The van der Waals surface area contributed by atoms with Crippen LogP contribution in [0, 0.1) is 0 Å². The summed E-state index contributed by atoms with van der Waals surface area (Å²) in [5.74, 6) is -0.590. The van der Waals surface area contributed by atoms with Crippen molar-refractivity contribution in [3.63, 3.8) is 0 Å². The quantitative estimate of drug-likeness (QED) is 0.134. The van der Waals surface area contributed by atoms with E-state index in [0.717, 1.165) is 0 Å². The average Bonchev–Trinajstić information content (AvgIpc) is 2.84. The van der Waals surface area contributed by atoms with Crippen LogP contribution in [0.15, 0.2) is 72.8 Å². The van der Waals surface area contributed by atoms with E-state index in [4.69, 9.17) is 4.74 Å². The van der Waals surface area contributed by atoms with Crippen molar-refractivity contribution < 1.29 is 49.0 Å². The molecule has 0 aliphatic heterocycles. The van der Waals surface area contributed by atoms with Gasteiger partial charge in [-0.05, 0) is 46.7 Å². The highest BCUT2D eigenvalue weighted by Crippen LogP contribution is 2.44. The molecule has 3 aromatic rings. The third-order valence-corrected chi connectivity index (χ3v) is 6.56. The van der Waals surface area contributed by atoms with Gasteiger partial charge in [-0.1, -0.05) is 72.8 Å². The molecule has 11 heteroatoms. The topological polar surface area (TPSA) is 26.3 Å². The molecule has 2 nitrogen and oxygen atoms in total. The number of hydrogen-bond acceptors (Lipinski definition) is 2. The molecule has 222 valence electrons. The van der Waals surface area contributed by atoms with Crippen molar-refractivity contribution >= 4 is 5.97 Å². The zero-order valence-electron chi connectivity index (χ0n) is 21.9. The van der Waals surface area contributed by atoms with E-state index >= 15 is 0 Å². The fourth-order valence-corrected chi connectivity index (χ4v) is 4.87. The zero-order chi connectivity index (χ0) is 30.5. The molecule has 0 saturated carbocycles. The molecule has 0 bridgehead atoms. The molecular formula is C30H27F9O2. The first-order chi connectivity index (χ1) is 19.0. The molecule has 0 heterocycles. The van der Waals surface area contributed by atoms with Crippen molar-refractivity contribution in [3.8, 4) is 0 Å². The molecule has 0 saturated heterocycles. The van der Waals surface area contributed by atoms with Crippen LogP contribution in [0.4, 0.5) is 39.5 Å². The normalized spacial score (nSPS) is 12.8. The van der Waals surface area contributed by atoms with Gasteiger partial charge in [0.1, 0.15) is 0 Å². The lowest BCUT2D eigenvalue weighted by molar-refractivity contribution is -0.143. The second-order valence-corrected chi connectivity index (χ2v) is 9.68. The van der Waals surface area contributed by atoms with Gasteiger partial charge in [-0.2, -0.15) is 39.5 Å². The molecule has 3 rings (SSSR count). The molecule has 0 fully saturated rings. The number of esters is 1. The van der Waals surface area contributed by atoms with Crippen LogP contribution in [-0.2, 0) is 34.2 Å². The maximum Gasteiger partial charge on any atom is 0.393 e. The monoisotopic (exact) mass is 590 g/mol. The van der Waals surface area contributed by atoms with E-state index in [9.17, 15) is 44.3 Å². The standard InChI is InChI=1S/C30H27F9O2/c1-2-41-26(40)15-16-27(23-9-3-20(4-10-23)17-28(31,32)33,24-11-5-21(6-12-24)18-29(34,35)36)25-13-7-22(8-14-25)19-30(37,38)39/h3-14H,2,15-19H2,1H3. The van der Waals surface area contributed by atoms with Crippen molar-refractivity contribution in [2.75, 3.05) is 6.61 Å². The van der Waals surface area contributed by atoms with E-state index in [-0.39, 0.29) is 36.1 Å². The highest BCUT2D eigenvalue weighted by Gasteiger charge is 2.38. The number of benzene rings is 3. The van der Waals surface area contributed by atoms with Crippen LogP contribution in [0.3, 0.4) is 0 Å². The number of rotatable bonds is 10. The van der Waals surface area contributed by atoms with Crippen LogP contribution in [0.25, 0.3) is 0 Å². The van der Waals surface area contributed by atoms with E-state index in [2.05, 4.69) is 0 Å². The Morgan fingerprint density at radius 3 is 1.10 bits per heavy atom. The maximum absolute atomic E-state index is 13.0. The van der Waals surface area contributed by atoms with Crippen molar-refractivity contribution in [2.45, 2.75) is 63.0 Å². The minimum absolute atomic E-state index is 0.0261. The lowest BCUT2D eigenvalue weighted by Crippen LogP contribution is -2.31. The minimum Gasteiger partial charge on any atom is -0.466 e. The number of carbonyl (C=O) groups is 1. The Bertz CT molecular complexity index is 1130. The minimum atomic E-state index is -4.47. The molecule has 0 atom stereocenters. The van der Waals surface area contributed by atoms with Crippen molar-refractivity contribution in [1.82, 2.24) is 0 Å². The van der Waals surface area contributed by atoms with E-state index in [0.29, 0.717) is 16.7 Å². The molecule has 0 radical (unpaired) electrons. The van der Waals surface area contributed by atoms with Crippen molar-refractivity contribution in [3.05, 3.63) is 106 Å². The molecule has 0 aliphatic carbocycles. The van der Waals surface area contributed by atoms with E-state index < -0.39 is 49.2 Å². The summed E-state index contributed by atoms with van der Waals surface area (Å²) < 4.78 is 122. The van der Waals surface area contributed by atoms with Gasteiger partial charge in [0.25, 0.3) is 0 Å². The Morgan fingerprint density at radius 1 is 0.561 bits per heavy atom. The molecule has 0 aromatic heterocycles. The van der Waals surface area contributed by atoms with Gasteiger partial charge in [0.15, 0.2) is 0 Å². The van der Waals surface area contributed by atoms with E-state index in [1.54, 1.807) is 6.92 Å². The summed E-state index contributed by atoms with van der Waals surface area (Å²) in [5, 5.41) is 0. The van der Waals surface area contributed by atoms with Crippen LogP contribution < -0.4 is 0 Å². The number of ether oxygens (including phenoxy) is 1. The Balaban J connectivity index is 2.20. The number of hydrogen-bond donors (Lipinski definition) is 0. The molecule has 0 aliphatic rings. The number of halogens is 9. The Morgan fingerprint density at radius 2 is 0.854 bits per heavy atom. The van der Waals surface area contributed by atoms with Gasteiger partial charge < -0.3 is 4.74 Å². The van der Waals surface area contributed by atoms with Gasteiger partial charge in [-0.25, -0.2) is 0 Å². The molecule has 3 aromatic carbocycles. The third kappa shape index (κ3) is 9.26. The summed E-state index contributed by atoms with van der Waals surface area (Å²) >= 11 is 0. The van der Waals surface area contributed by atoms with Gasteiger partial charge >= 0.3 is 24.5 Å². The Hall–Kier alpha value is -3.50. The predicted octanol–water partition coefficient (Wildman–Crippen LogP) is 8.68. The van der Waals surface area contributed by atoms with Crippen LogP contribution in [0.2, 0.25) is 0 Å². The van der Waals surface area contributed by atoms with Gasteiger partial charge in [-0.15, -0.1) is 0 Å². The van der Waals surface area contributed by atoms with Gasteiger partial charge in [-0.3, -0.25) is 4.79 Å². The summed E-state index contributed by atoms with van der Waals surface area (Å²) in [6.07, 6.45) is -17.2. The smallest absolute Gasteiger partial charge is 0.393 e. The SMILES string of the molecule is CCOC(=O)CCC(c1ccc(CC(F)(F)F)cc1)(c1ccc(CC(F)(F)F)cc1)c1ccc(CC(F)(F)F)cc1. The summed E-state index contributed by atoms with van der Waals surface area (Å²) in [6, 6.07) is 16.2. The molecule has 0 N–H and O–H groups in total.